The van der Waals surface area contributed by atoms with Gasteiger partial charge in [0, 0.05) is 46.6 Å². The number of halogens is 6. The molecule has 0 saturated carbocycles. The van der Waals surface area contributed by atoms with Crippen LogP contribution in [0.4, 0.5) is 26.3 Å². The van der Waals surface area contributed by atoms with Crippen LogP contribution in [0.2, 0.25) is 0 Å². The smallest absolute Gasteiger partial charge is 0.349 e. The lowest BCUT2D eigenvalue weighted by molar-refractivity contribution is -0.143. The minimum Gasteiger partial charge on any atom is -0.349 e. The molecule has 1 fully saturated rings. The SMILES string of the molecule is O=C(N[C@H]1CCN(C(=O)c2cc(C(F)(F)F)cc(C(F)(F)F)c2)[C@H](Cc2ccccc2)C1)c1cc2c3c4c(ccc3c1)C1C=CC=CC1=CC4=CC2=O. The predicted octanol–water partition coefficient (Wildman–Crippen LogP) is 9.25. The van der Waals surface area contributed by atoms with Gasteiger partial charge in [-0.3, -0.25) is 14.4 Å². The summed E-state index contributed by atoms with van der Waals surface area (Å²) in [5.74, 6) is -1.56. The average Bonchev–Trinajstić information content (AvgIpc) is 3.13. The molecular weight excluding hydrogens is 694 g/mol. The van der Waals surface area contributed by atoms with Crippen LogP contribution >= 0.6 is 0 Å². The summed E-state index contributed by atoms with van der Waals surface area (Å²) in [5.41, 5.74) is 1.61. The van der Waals surface area contributed by atoms with Crippen molar-refractivity contribution < 1.29 is 40.7 Å². The van der Waals surface area contributed by atoms with Crippen LogP contribution in [0.25, 0.3) is 16.3 Å². The van der Waals surface area contributed by atoms with Gasteiger partial charge in [0.25, 0.3) is 11.8 Å². The lowest BCUT2D eigenvalue weighted by Gasteiger charge is -2.40. The fourth-order valence-electron chi connectivity index (χ4n) is 7.98. The number of hydrogen-bond donors (Lipinski definition) is 1. The quantitative estimate of drug-likeness (QED) is 0.209. The standard InChI is InChI=1S/C42H30F6N2O3/c43-41(44,45)29-17-28(18-30(21-29)42(46,47)48)40(53)50-13-12-31(22-32(50)14-23-6-2-1-3-7-23)49-39(52)27-16-25-10-11-34-33-9-5-4-8-24(33)15-26-20-36(51)35(19-27)37(25)38(26)34/h1-11,15-21,31-33H,12-14,22H2,(H,49,52)/t31-,32+,33?/m0/s1. The largest absolute Gasteiger partial charge is 0.416 e. The highest BCUT2D eigenvalue weighted by atomic mass is 19.4. The Balaban J connectivity index is 1.07. The Morgan fingerprint density at radius 3 is 2.28 bits per heavy atom. The van der Waals surface area contributed by atoms with Crippen molar-refractivity contribution in [2.75, 3.05) is 6.54 Å². The molecular formula is C42H30F6N2O3. The molecule has 1 N–H and O–H groups in total. The van der Waals surface area contributed by atoms with Crippen LogP contribution in [0.3, 0.4) is 0 Å². The van der Waals surface area contributed by atoms with Crippen LogP contribution in [0.15, 0.2) is 115 Å². The molecule has 3 aliphatic carbocycles. The van der Waals surface area contributed by atoms with Crippen LogP contribution in [-0.2, 0) is 18.8 Å². The van der Waals surface area contributed by atoms with E-state index in [1.54, 1.807) is 36.4 Å². The number of hydrogen-bond acceptors (Lipinski definition) is 3. The van der Waals surface area contributed by atoms with Crippen molar-refractivity contribution in [1.82, 2.24) is 10.2 Å². The molecule has 268 valence electrons. The van der Waals surface area contributed by atoms with E-state index >= 15 is 0 Å². The number of likely N-dealkylation sites (tertiary alicyclic amines) is 1. The second-order valence-electron chi connectivity index (χ2n) is 13.8. The first-order chi connectivity index (χ1) is 25.2. The number of benzene rings is 4. The second kappa shape index (κ2) is 12.8. The number of carbonyl (C=O) groups excluding carboxylic acids is 3. The summed E-state index contributed by atoms with van der Waals surface area (Å²) in [6.07, 6.45) is 2.16. The minimum absolute atomic E-state index is 0.00303. The highest BCUT2D eigenvalue weighted by Crippen LogP contribution is 2.47. The number of ketones is 1. The molecule has 11 heteroatoms. The van der Waals surface area contributed by atoms with Gasteiger partial charge in [0.15, 0.2) is 5.78 Å². The number of nitrogens with zero attached hydrogens (tertiary/aromatic N) is 1. The highest BCUT2D eigenvalue weighted by molar-refractivity contribution is 6.24. The van der Waals surface area contributed by atoms with Gasteiger partial charge in [0.2, 0.25) is 0 Å². The van der Waals surface area contributed by atoms with Gasteiger partial charge < -0.3 is 10.2 Å². The van der Waals surface area contributed by atoms with E-state index in [9.17, 15) is 40.7 Å². The summed E-state index contributed by atoms with van der Waals surface area (Å²) in [5, 5.41) is 4.55. The predicted molar refractivity (Wildman–Crippen MR) is 187 cm³/mol. The van der Waals surface area contributed by atoms with Gasteiger partial charge in [-0.1, -0.05) is 72.8 Å². The van der Waals surface area contributed by atoms with E-state index in [1.807, 2.05) is 48.6 Å². The summed E-state index contributed by atoms with van der Waals surface area (Å²) >= 11 is 0. The Hall–Kier alpha value is -5.71. The molecule has 0 aromatic heterocycles. The van der Waals surface area contributed by atoms with Crippen molar-refractivity contribution in [2.24, 2.45) is 0 Å². The van der Waals surface area contributed by atoms with Gasteiger partial charge in [0.05, 0.1) is 11.1 Å². The number of fused-ring (bicyclic) bond motifs is 2. The Morgan fingerprint density at radius 1 is 0.830 bits per heavy atom. The molecule has 4 aliphatic rings. The van der Waals surface area contributed by atoms with Crippen molar-refractivity contribution in [3.8, 4) is 0 Å². The Bertz CT molecular complexity index is 2300. The summed E-state index contributed by atoms with van der Waals surface area (Å²) < 4.78 is 81.9. The van der Waals surface area contributed by atoms with Gasteiger partial charge in [0.1, 0.15) is 0 Å². The molecule has 4 aromatic carbocycles. The van der Waals surface area contributed by atoms with E-state index in [-0.39, 0.29) is 49.1 Å². The van der Waals surface area contributed by atoms with Crippen molar-refractivity contribution in [3.05, 3.63) is 159 Å². The molecule has 0 radical (unpaired) electrons. The monoisotopic (exact) mass is 724 g/mol. The van der Waals surface area contributed by atoms with Gasteiger partial charge >= 0.3 is 12.4 Å². The van der Waals surface area contributed by atoms with Crippen molar-refractivity contribution in [3.63, 3.8) is 0 Å². The molecule has 1 saturated heterocycles. The average molecular weight is 725 g/mol. The Labute approximate surface area is 300 Å². The molecule has 8 rings (SSSR count). The molecule has 0 bridgehead atoms. The number of amides is 2. The number of rotatable bonds is 5. The van der Waals surface area contributed by atoms with E-state index < -0.39 is 52.9 Å². The molecule has 5 nitrogen and oxygen atoms in total. The third kappa shape index (κ3) is 6.38. The Kier molecular flexibility index (Phi) is 8.27. The number of carbonyl (C=O) groups is 3. The zero-order chi connectivity index (χ0) is 37.2. The van der Waals surface area contributed by atoms with E-state index in [0.717, 1.165) is 38.6 Å². The normalized spacial score (nSPS) is 20.5. The molecule has 3 atom stereocenters. The molecule has 1 aliphatic heterocycles. The van der Waals surface area contributed by atoms with Crippen molar-refractivity contribution in [1.29, 1.82) is 0 Å². The summed E-state index contributed by atoms with van der Waals surface area (Å²) in [7, 11) is 0. The molecule has 1 heterocycles. The van der Waals surface area contributed by atoms with Crippen molar-refractivity contribution >= 4 is 33.9 Å². The first-order valence-corrected chi connectivity index (χ1v) is 17.1. The van der Waals surface area contributed by atoms with Gasteiger partial charge in [-0.05, 0) is 88.9 Å². The van der Waals surface area contributed by atoms with Crippen LogP contribution in [0.1, 0.15) is 77.7 Å². The molecule has 2 amide bonds. The van der Waals surface area contributed by atoms with Crippen LogP contribution < -0.4 is 5.32 Å². The number of alkyl halides is 6. The summed E-state index contributed by atoms with van der Waals surface area (Å²) in [6.45, 7) is -0.0274. The lowest BCUT2D eigenvalue weighted by Crippen LogP contribution is -2.52. The van der Waals surface area contributed by atoms with E-state index in [1.165, 1.54) is 4.90 Å². The van der Waals surface area contributed by atoms with Gasteiger partial charge in [-0.15, -0.1) is 0 Å². The summed E-state index contributed by atoms with van der Waals surface area (Å²) in [6, 6.07) is 16.0. The van der Waals surface area contributed by atoms with Crippen molar-refractivity contribution in [2.45, 2.75) is 49.6 Å². The van der Waals surface area contributed by atoms with Crippen LogP contribution in [0.5, 0.6) is 0 Å². The topological polar surface area (TPSA) is 66.5 Å². The van der Waals surface area contributed by atoms with E-state index in [2.05, 4.69) is 11.4 Å². The fourth-order valence-corrected chi connectivity index (χ4v) is 7.98. The van der Waals surface area contributed by atoms with Crippen LogP contribution in [0, 0.1) is 0 Å². The van der Waals surface area contributed by atoms with Gasteiger partial charge in [-0.2, -0.15) is 26.3 Å². The zero-order valence-electron chi connectivity index (χ0n) is 27.9. The molecule has 0 spiro atoms. The fraction of sp³-hybridized carbons (Fsp3) is 0.214. The first-order valence-electron chi connectivity index (χ1n) is 17.1. The zero-order valence-corrected chi connectivity index (χ0v) is 27.9. The van der Waals surface area contributed by atoms with Gasteiger partial charge in [-0.25, -0.2) is 0 Å². The number of allylic oxidation sites excluding steroid dienone is 8. The third-order valence-electron chi connectivity index (χ3n) is 10.4. The molecule has 1 unspecified atom stereocenters. The van der Waals surface area contributed by atoms with E-state index in [4.69, 9.17) is 0 Å². The highest BCUT2D eigenvalue weighted by Gasteiger charge is 2.40. The second-order valence-corrected chi connectivity index (χ2v) is 13.8. The maximum atomic E-state index is 13.8. The first kappa shape index (κ1) is 34.4. The maximum absolute atomic E-state index is 13.8. The number of piperidine rings is 1. The Morgan fingerprint density at radius 2 is 1.57 bits per heavy atom. The summed E-state index contributed by atoms with van der Waals surface area (Å²) in [4.78, 5) is 42.4. The van der Waals surface area contributed by atoms with Crippen LogP contribution in [-0.4, -0.2) is 41.1 Å². The lowest BCUT2D eigenvalue weighted by atomic mass is 9.73. The molecule has 4 aromatic rings. The molecule has 53 heavy (non-hydrogen) atoms. The maximum Gasteiger partial charge on any atom is 0.416 e. The van der Waals surface area contributed by atoms with E-state index in [0.29, 0.717) is 17.7 Å². The minimum atomic E-state index is -5.11. The number of nitrogens with one attached hydrogen (secondary N) is 1. The third-order valence-corrected chi connectivity index (χ3v) is 10.4.